The Hall–Kier alpha value is -2.04. The minimum absolute atomic E-state index is 0.0596. The number of H-pyrrole nitrogens is 1. The molecule has 0 bridgehead atoms. The number of benzene rings is 1. The van der Waals surface area contributed by atoms with Crippen molar-refractivity contribution in [3.8, 4) is 11.4 Å². The van der Waals surface area contributed by atoms with Gasteiger partial charge in [-0.3, -0.25) is 4.79 Å². The molecule has 0 fully saturated rings. The molecule has 5 nitrogen and oxygen atoms in total. The molecule has 0 saturated carbocycles. The lowest BCUT2D eigenvalue weighted by Crippen LogP contribution is -2.02. The summed E-state index contributed by atoms with van der Waals surface area (Å²) in [6, 6.07) is 3.82. The molecule has 1 aromatic carbocycles. The SMILES string of the molecule is CC(=O)c1c(C)ccc(-c2nnn[nH]2)c1C. The van der Waals surface area contributed by atoms with Gasteiger partial charge in [-0.05, 0) is 42.3 Å². The van der Waals surface area contributed by atoms with Crippen molar-refractivity contribution in [1.82, 2.24) is 20.6 Å². The maximum atomic E-state index is 11.5. The lowest BCUT2D eigenvalue weighted by molar-refractivity contribution is 0.101. The Morgan fingerprint density at radius 2 is 2.06 bits per heavy atom. The van der Waals surface area contributed by atoms with E-state index in [1.165, 1.54) is 0 Å². The maximum Gasteiger partial charge on any atom is 0.179 e. The summed E-state index contributed by atoms with van der Waals surface area (Å²) >= 11 is 0. The van der Waals surface area contributed by atoms with Gasteiger partial charge in [0.1, 0.15) is 0 Å². The number of Topliss-reactive ketones (excluding diaryl/α,β-unsaturated/α-hetero) is 1. The molecular formula is C11H12N4O. The second-order valence-electron chi connectivity index (χ2n) is 3.74. The van der Waals surface area contributed by atoms with E-state index in [4.69, 9.17) is 0 Å². The zero-order chi connectivity index (χ0) is 11.7. The van der Waals surface area contributed by atoms with Crippen LogP contribution in [-0.4, -0.2) is 26.4 Å². The molecule has 2 aromatic rings. The first-order valence-corrected chi connectivity index (χ1v) is 4.96. The number of carbonyl (C=O) groups excluding carboxylic acids is 1. The standard InChI is InChI=1S/C11H12N4O/c1-6-4-5-9(11-12-14-15-13-11)7(2)10(6)8(3)16/h4-5H,1-3H3,(H,12,13,14,15). The van der Waals surface area contributed by atoms with Gasteiger partial charge in [0, 0.05) is 11.1 Å². The van der Waals surface area contributed by atoms with E-state index in [1.54, 1.807) is 6.92 Å². The maximum absolute atomic E-state index is 11.5. The van der Waals surface area contributed by atoms with E-state index in [-0.39, 0.29) is 5.78 Å². The summed E-state index contributed by atoms with van der Waals surface area (Å²) in [4.78, 5) is 11.5. The average Bonchev–Trinajstić information content (AvgIpc) is 2.70. The van der Waals surface area contributed by atoms with Gasteiger partial charge in [-0.1, -0.05) is 12.1 Å². The van der Waals surface area contributed by atoms with Crippen LogP contribution < -0.4 is 0 Å². The number of hydrogen-bond acceptors (Lipinski definition) is 4. The van der Waals surface area contributed by atoms with Crippen molar-refractivity contribution in [2.24, 2.45) is 0 Å². The van der Waals surface area contributed by atoms with Crippen LogP contribution in [0, 0.1) is 13.8 Å². The number of carbonyl (C=O) groups is 1. The van der Waals surface area contributed by atoms with Crippen molar-refractivity contribution >= 4 is 5.78 Å². The van der Waals surface area contributed by atoms with E-state index in [2.05, 4.69) is 20.6 Å². The number of nitrogens with zero attached hydrogens (tertiary/aromatic N) is 3. The van der Waals surface area contributed by atoms with Crippen LogP contribution in [0.25, 0.3) is 11.4 Å². The third-order valence-corrected chi connectivity index (χ3v) is 2.63. The average molecular weight is 216 g/mol. The highest BCUT2D eigenvalue weighted by atomic mass is 16.1. The van der Waals surface area contributed by atoms with Gasteiger partial charge >= 0.3 is 0 Å². The van der Waals surface area contributed by atoms with E-state index in [9.17, 15) is 4.79 Å². The zero-order valence-electron chi connectivity index (χ0n) is 9.40. The number of rotatable bonds is 2. The van der Waals surface area contributed by atoms with Crippen LogP contribution in [0.2, 0.25) is 0 Å². The number of tetrazole rings is 1. The van der Waals surface area contributed by atoms with Crippen molar-refractivity contribution < 1.29 is 4.79 Å². The second-order valence-corrected chi connectivity index (χ2v) is 3.74. The summed E-state index contributed by atoms with van der Waals surface area (Å²) < 4.78 is 0. The normalized spacial score (nSPS) is 10.4. The molecule has 1 aromatic heterocycles. The van der Waals surface area contributed by atoms with Crippen LogP contribution in [0.5, 0.6) is 0 Å². The van der Waals surface area contributed by atoms with Gasteiger partial charge in [-0.25, -0.2) is 5.10 Å². The molecular weight excluding hydrogens is 204 g/mol. The van der Waals surface area contributed by atoms with Gasteiger partial charge in [-0.15, -0.1) is 5.10 Å². The fourth-order valence-corrected chi connectivity index (χ4v) is 1.92. The highest BCUT2D eigenvalue weighted by Gasteiger charge is 2.14. The number of aromatic nitrogens is 4. The molecule has 0 radical (unpaired) electrons. The predicted molar refractivity (Wildman–Crippen MR) is 59.1 cm³/mol. The molecule has 16 heavy (non-hydrogen) atoms. The summed E-state index contributed by atoms with van der Waals surface area (Å²) in [6.07, 6.45) is 0. The van der Waals surface area contributed by atoms with Crippen LogP contribution in [0.3, 0.4) is 0 Å². The molecule has 0 amide bonds. The Kier molecular flexibility index (Phi) is 2.52. The summed E-state index contributed by atoms with van der Waals surface area (Å²) in [7, 11) is 0. The molecule has 0 aliphatic rings. The van der Waals surface area contributed by atoms with Crippen LogP contribution in [0.1, 0.15) is 28.4 Å². The predicted octanol–water partition coefficient (Wildman–Crippen LogP) is 1.69. The van der Waals surface area contributed by atoms with Crippen molar-refractivity contribution in [2.45, 2.75) is 20.8 Å². The number of aryl methyl sites for hydroxylation is 1. The van der Waals surface area contributed by atoms with Crippen molar-refractivity contribution in [2.75, 3.05) is 0 Å². The molecule has 0 aliphatic heterocycles. The van der Waals surface area contributed by atoms with Gasteiger partial charge in [0.05, 0.1) is 0 Å². The summed E-state index contributed by atoms with van der Waals surface area (Å²) in [5, 5.41) is 13.6. The second kappa shape index (κ2) is 3.84. The van der Waals surface area contributed by atoms with Crippen LogP contribution >= 0.6 is 0 Å². The molecule has 82 valence electrons. The smallest absolute Gasteiger partial charge is 0.179 e. The van der Waals surface area contributed by atoms with Crippen molar-refractivity contribution in [3.63, 3.8) is 0 Å². The fourth-order valence-electron chi connectivity index (χ4n) is 1.92. The van der Waals surface area contributed by atoms with E-state index in [0.29, 0.717) is 5.82 Å². The number of hydrogen-bond donors (Lipinski definition) is 1. The summed E-state index contributed by atoms with van der Waals surface area (Å²) in [5.41, 5.74) is 3.49. The fraction of sp³-hybridized carbons (Fsp3) is 0.273. The Morgan fingerprint density at radius 3 is 2.62 bits per heavy atom. The van der Waals surface area contributed by atoms with Crippen LogP contribution in [0.15, 0.2) is 12.1 Å². The molecule has 0 unspecified atom stereocenters. The van der Waals surface area contributed by atoms with Crippen LogP contribution in [-0.2, 0) is 0 Å². The summed E-state index contributed by atoms with van der Waals surface area (Å²) in [5.74, 6) is 0.643. The minimum atomic E-state index is 0.0596. The van der Waals surface area contributed by atoms with Gasteiger partial charge in [0.15, 0.2) is 11.6 Å². The Morgan fingerprint density at radius 1 is 1.31 bits per heavy atom. The topological polar surface area (TPSA) is 71.5 Å². The molecule has 1 heterocycles. The first-order chi connectivity index (χ1) is 7.61. The molecule has 1 N–H and O–H groups in total. The number of nitrogens with one attached hydrogen (secondary N) is 1. The van der Waals surface area contributed by atoms with E-state index in [0.717, 1.165) is 22.3 Å². The third-order valence-electron chi connectivity index (χ3n) is 2.63. The molecule has 2 rings (SSSR count). The van der Waals surface area contributed by atoms with Crippen molar-refractivity contribution in [3.05, 3.63) is 28.8 Å². The summed E-state index contributed by atoms with van der Waals surface area (Å²) in [6.45, 7) is 5.39. The third kappa shape index (κ3) is 1.60. The molecule has 0 aliphatic carbocycles. The Bertz CT molecular complexity index is 531. The monoisotopic (exact) mass is 216 g/mol. The largest absolute Gasteiger partial charge is 0.294 e. The Labute approximate surface area is 92.9 Å². The van der Waals surface area contributed by atoms with Gasteiger partial charge < -0.3 is 0 Å². The first-order valence-electron chi connectivity index (χ1n) is 4.96. The van der Waals surface area contributed by atoms with Gasteiger partial charge in [-0.2, -0.15) is 0 Å². The van der Waals surface area contributed by atoms with E-state index in [1.807, 2.05) is 26.0 Å². The quantitative estimate of drug-likeness (QED) is 0.775. The highest BCUT2D eigenvalue weighted by Crippen LogP contribution is 2.24. The number of aromatic amines is 1. The molecule has 0 atom stereocenters. The lowest BCUT2D eigenvalue weighted by Gasteiger charge is -2.09. The Balaban J connectivity index is 2.66. The molecule has 0 spiro atoms. The van der Waals surface area contributed by atoms with Crippen LogP contribution in [0.4, 0.5) is 0 Å². The minimum Gasteiger partial charge on any atom is -0.294 e. The molecule has 0 saturated heterocycles. The van der Waals surface area contributed by atoms with Gasteiger partial charge in [0.25, 0.3) is 0 Å². The lowest BCUT2D eigenvalue weighted by atomic mass is 9.95. The van der Waals surface area contributed by atoms with Gasteiger partial charge in [0.2, 0.25) is 0 Å². The number of ketones is 1. The van der Waals surface area contributed by atoms with Crippen molar-refractivity contribution in [1.29, 1.82) is 0 Å². The van der Waals surface area contributed by atoms with E-state index >= 15 is 0 Å². The first kappa shape index (κ1) is 10.5. The van der Waals surface area contributed by atoms with E-state index < -0.39 is 0 Å². The molecule has 5 heteroatoms. The zero-order valence-corrected chi connectivity index (χ0v) is 9.40. The highest BCUT2D eigenvalue weighted by molar-refractivity contribution is 5.98.